The number of likely N-dealkylation sites (N-methyl/N-ethyl adjacent to an activating group) is 1. The van der Waals surface area contributed by atoms with Crippen LogP contribution in [0, 0.1) is 5.92 Å². The average Bonchev–Trinajstić information content (AvgIpc) is 3.31. The van der Waals surface area contributed by atoms with Gasteiger partial charge in [-0.05, 0) is 24.0 Å². The van der Waals surface area contributed by atoms with E-state index in [1.165, 1.54) is 12.0 Å². The molecule has 1 heterocycles. The Morgan fingerprint density at radius 3 is 2.36 bits per heavy atom. The van der Waals surface area contributed by atoms with Crippen molar-refractivity contribution in [2.75, 3.05) is 27.2 Å². The van der Waals surface area contributed by atoms with E-state index in [-0.39, 0.29) is 5.92 Å². The first-order valence-corrected chi connectivity index (χ1v) is 12.1. The number of nitrogens with zero attached hydrogens (tertiary/aromatic N) is 2. The van der Waals surface area contributed by atoms with Crippen LogP contribution in [-0.2, 0) is 23.5 Å². The quantitative estimate of drug-likeness (QED) is 0.338. The van der Waals surface area contributed by atoms with Crippen LogP contribution in [0.3, 0.4) is 0 Å². The van der Waals surface area contributed by atoms with E-state index >= 15 is 0 Å². The summed E-state index contributed by atoms with van der Waals surface area (Å²) < 4.78 is 12.9. The molecule has 2 aromatic carbocycles. The summed E-state index contributed by atoms with van der Waals surface area (Å²) in [5.74, 6) is 1.34. The lowest BCUT2D eigenvalue weighted by atomic mass is 9.73. The van der Waals surface area contributed by atoms with E-state index in [0.717, 1.165) is 48.0 Å². The van der Waals surface area contributed by atoms with Crippen LogP contribution < -0.4 is 0 Å². The van der Waals surface area contributed by atoms with E-state index in [9.17, 15) is 5.11 Å². The maximum Gasteiger partial charge on any atom is 0.231 e. The van der Waals surface area contributed by atoms with Crippen LogP contribution in [0.2, 0.25) is 0 Å². The number of rotatable bonds is 10. The lowest BCUT2D eigenvalue weighted by molar-refractivity contribution is -0.905. The Balaban J connectivity index is 1.42. The van der Waals surface area contributed by atoms with Crippen LogP contribution in [-0.4, -0.2) is 41.8 Å². The number of aromatic nitrogens is 1. The number of ether oxygens (including phenoxy) is 1. The highest BCUT2D eigenvalue weighted by Crippen LogP contribution is 2.43. The van der Waals surface area contributed by atoms with Gasteiger partial charge in [-0.15, -0.1) is 0 Å². The molecule has 1 aromatic heterocycles. The van der Waals surface area contributed by atoms with Crippen LogP contribution in [0.25, 0.3) is 0 Å². The molecule has 0 amide bonds. The van der Waals surface area contributed by atoms with E-state index in [2.05, 4.69) is 31.2 Å². The maximum absolute atomic E-state index is 12.0. The van der Waals surface area contributed by atoms with Crippen LogP contribution in [0.4, 0.5) is 0 Å². The predicted molar refractivity (Wildman–Crippen MR) is 129 cm³/mol. The van der Waals surface area contributed by atoms with Crippen molar-refractivity contribution in [2.45, 2.75) is 50.9 Å². The molecule has 1 atom stereocenters. The highest BCUT2D eigenvalue weighted by molar-refractivity contribution is 5.30. The fourth-order valence-electron chi connectivity index (χ4n) is 4.88. The molecule has 1 aliphatic rings. The van der Waals surface area contributed by atoms with Crippen molar-refractivity contribution in [1.82, 2.24) is 4.98 Å². The van der Waals surface area contributed by atoms with E-state index < -0.39 is 5.60 Å². The zero-order valence-electron chi connectivity index (χ0n) is 20.0. The minimum absolute atomic E-state index is 0.119. The molecule has 0 aliphatic heterocycles. The van der Waals surface area contributed by atoms with Gasteiger partial charge in [0, 0.05) is 5.92 Å². The molecule has 5 nitrogen and oxygen atoms in total. The Labute approximate surface area is 197 Å². The van der Waals surface area contributed by atoms with Gasteiger partial charge < -0.3 is 18.7 Å². The van der Waals surface area contributed by atoms with Gasteiger partial charge in [0.15, 0.2) is 11.4 Å². The van der Waals surface area contributed by atoms with Gasteiger partial charge in [-0.2, -0.15) is 0 Å². The molecule has 0 bridgehead atoms. The zero-order valence-corrected chi connectivity index (χ0v) is 20.0. The third kappa shape index (κ3) is 5.91. The second-order valence-corrected chi connectivity index (χ2v) is 9.95. The molecule has 176 valence electrons. The number of hydrogen-bond acceptors (Lipinski definition) is 4. The van der Waals surface area contributed by atoms with E-state index in [1.807, 2.05) is 48.5 Å². The third-order valence-corrected chi connectivity index (χ3v) is 6.83. The van der Waals surface area contributed by atoms with Gasteiger partial charge in [0.1, 0.15) is 13.1 Å². The van der Waals surface area contributed by atoms with Crippen LogP contribution >= 0.6 is 0 Å². The standard InChI is InChI=1S/C28H37N2O3/c1-30(2,18-19-32-22-23-12-6-3-7-13-23)21-26-20-29-27(33-26)28(31,24-14-8-4-9-15-24)25-16-10-5-11-17-25/h3-4,6-9,12-15,20,25,31H,5,10-11,16-19,21-22H2,1-2H3/q+1/t28-/m0/s1. The van der Waals surface area contributed by atoms with Crippen molar-refractivity contribution in [3.05, 3.63) is 89.6 Å². The second-order valence-electron chi connectivity index (χ2n) is 9.95. The molecule has 1 saturated carbocycles. The summed E-state index contributed by atoms with van der Waals surface area (Å²) in [5.41, 5.74) is 0.870. The predicted octanol–water partition coefficient (Wildman–Crippen LogP) is 5.28. The molecule has 1 aliphatic carbocycles. The Kier molecular flexibility index (Phi) is 7.63. The summed E-state index contributed by atoms with van der Waals surface area (Å²) in [6, 6.07) is 20.1. The second kappa shape index (κ2) is 10.6. The minimum Gasteiger partial charge on any atom is -0.436 e. The Morgan fingerprint density at radius 1 is 1.00 bits per heavy atom. The molecule has 5 heteroatoms. The van der Waals surface area contributed by atoms with Gasteiger partial charge >= 0.3 is 0 Å². The van der Waals surface area contributed by atoms with Crippen molar-refractivity contribution in [1.29, 1.82) is 0 Å². The summed E-state index contributed by atoms with van der Waals surface area (Å²) in [4.78, 5) is 4.60. The lowest BCUT2D eigenvalue weighted by Crippen LogP contribution is -2.41. The summed E-state index contributed by atoms with van der Waals surface area (Å²) in [7, 11) is 4.33. The number of hydrogen-bond donors (Lipinski definition) is 1. The third-order valence-electron chi connectivity index (χ3n) is 6.83. The number of quaternary nitrogens is 1. The molecule has 0 radical (unpaired) electrons. The smallest absolute Gasteiger partial charge is 0.231 e. The molecule has 33 heavy (non-hydrogen) atoms. The van der Waals surface area contributed by atoms with Crippen LogP contribution in [0.15, 0.2) is 71.3 Å². The fourth-order valence-corrected chi connectivity index (χ4v) is 4.88. The van der Waals surface area contributed by atoms with E-state index in [0.29, 0.717) is 25.6 Å². The van der Waals surface area contributed by atoms with Crippen LogP contribution in [0.5, 0.6) is 0 Å². The lowest BCUT2D eigenvalue weighted by Gasteiger charge is -2.36. The maximum atomic E-state index is 12.0. The molecule has 0 spiro atoms. The molecule has 4 rings (SSSR count). The van der Waals surface area contributed by atoms with Gasteiger partial charge in [-0.25, -0.2) is 4.98 Å². The Morgan fingerprint density at radius 2 is 1.67 bits per heavy atom. The van der Waals surface area contributed by atoms with Crippen molar-refractivity contribution < 1.29 is 18.7 Å². The van der Waals surface area contributed by atoms with Crippen molar-refractivity contribution in [3.8, 4) is 0 Å². The first-order valence-electron chi connectivity index (χ1n) is 12.1. The highest BCUT2D eigenvalue weighted by atomic mass is 16.5. The van der Waals surface area contributed by atoms with Crippen molar-refractivity contribution in [2.24, 2.45) is 5.92 Å². The summed E-state index contributed by atoms with van der Waals surface area (Å²) in [6.45, 7) is 2.84. The topological polar surface area (TPSA) is 55.5 Å². The van der Waals surface area contributed by atoms with Crippen LogP contribution in [0.1, 0.15) is 54.9 Å². The average molecular weight is 450 g/mol. The van der Waals surface area contributed by atoms with Crippen molar-refractivity contribution in [3.63, 3.8) is 0 Å². The minimum atomic E-state index is -1.18. The number of oxazole rings is 1. The molecular formula is C28H37N2O3+. The van der Waals surface area contributed by atoms with Gasteiger partial charge in [0.2, 0.25) is 5.89 Å². The number of benzene rings is 2. The van der Waals surface area contributed by atoms with Gasteiger partial charge in [0.25, 0.3) is 0 Å². The normalized spacial score (nSPS) is 17.1. The largest absolute Gasteiger partial charge is 0.436 e. The summed E-state index contributed by atoms with van der Waals surface area (Å²) in [6.07, 6.45) is 7.28. The molecule has 1 fully saturated rings. The Bertz CT molecular complexity index is 981. The first kappa shape index (κ1) is 23.7. The monoisotopic (exact) mass is 449 g/mol. The molecule has 0 saturated heterocycles. The molecular weight excluding hydrogens is 412 g/mol. The van der Waals surface area contributed by atoms with Gasteiger partial charge in [-0.1, -0.05) is 79.9 Å². The number of aliphatic hydroxyl groups is 1. The van der Waals surface area contributed by atoms with Gasteiger partial charge in [0.05, 0.1) is 33.5 Å². The molecule has 0 unspecified atom stereocenters. The summed E-state index contributed by atoms with van der Waals surface area (Å²) in [5, 5.41) is 12.0. The van der Waals surface area contributed by atoms with E-state index in [1.54, 1.807) is 6.20 Å². The van der Waals surface area contributed by atoms with E-state index in [4.69, 9.17) is 9.15 Å². The SMILES string of the molecule is C[N+](C)(CCOCc1ccccc1)Cc1cnc([C@](O)(c2ccccc2)C2CCCCC2)o1. The fraction of sp³-hybridized carbons (Fsp3) is 0.464. The van der Waals surface area contributed by atoms with Gasteiger partial charge in [-0.3, -0.25) is 0 Å². The highest BCUT2D eigenvalue weighted by Gasteiger charge is 2.44. The summed E-state index contributed by atoms with van der Waals surface area (Å²) >= 11 is 0. The molecule has 1 N–H and O–H groups in total. The molecule has 3 aromatic rings. The zero-order chi connectivity index (χ0) is 23.2. The first-order chi connectivity index (χ1) is 16.0. The Hall–Kier alpha value is -2.47. The van der Waals surface area contributed by atoms with Crippen molar-refractivity contribution >= 4 is 0 Å².